The van der Waals surface area contributed by atoms with E-state index in [0.29, 0.717) is 11.1 Å². The molecule has 0 spiro atoms. The number of hydrogen-bond acceptors (Lipinski definition) is 5. The number of carboxylic acids is 1. The summed E-state index contributed by atoms with van der Waals surface area (Å²) in [6.07, 6.45) is -0.140. The lowest BCUT2D eigenvalue weighted by atomic mass is 9.80. The fraction of sp³-hybridized carbons (Fsp3) is 0.261. The van der Waals surface area contributed by atoms with E-state index in [4.69, 9.17) is 10.6 Å². The van der Waals surface area contributed by atoms with Crippen LogP contribution in [-0.4, -0.2) is 39.7 Å². The van der Waals surface area contributed by atoms with Gasteiger partial charge >= 0.3 is 5.97 Å². The fourth-order valence-corrected chi connectivity index (χ4v) is 3.84. The van der Waals surface area contributed by atoms with Crippen molar-refractivity contribution in [2.75, 3.05) is 13.0 Å². The summed E-state index contributed by atoms with van der Waals surface area (Å²) in [7, 11) is 1.37. The highest BCUT2D eigenvalue weighted by atomic mass is 19.3. The molecule has 0 aliphatic heterocycles. The minimum Gasteiger partial charge on any atom is -0.496 e. The van der Waals surface area contributed by atoms with E-state index < -0.39 is 35.2 Å². The van der Waals surface area contributed by atoms with Crippen molar-refractivity contribution >= 4 is 11.9 Å². The molecule has 1 saturated carbocycles. The van der Waals surface area contributed by atoms with Crippen molar-refractivity contribution < 1.29 is 32.6 Å². The third kappa shape index (κ3) is 4.16. The number of aromatic carboxylic acids is 1. The first-order chi connectivity index (χ1) is 16.1. The molecule has 2 aromatic carbocycles. The van der Waals surface area contributed by atoms with Gasteiger partial charge in [-0.15, -0.1) is 0 Å². The summed E-state index contributed by atoms with van der Waals surface area (Å²) in [5.41, 5.74) is 0.651. The van der Waals surface area contributed by atoms with Crippen LogP contribution in [0.5, 0.6) is 5.75 Å². The molecule has 8 nitrogen and oxygen atoms in total. The van der Waals surface area contributed by atoms with E-state index in [0.717, 1.165) is 10.7 Å². The van der Waals surface area contributed by atoms with Crippen LogP contribution in [0, 0.1) is 5.82 Å². The molecule has 0 saturated heterocycles. The molecule has 1 aromatic heterocycles. The number of carboxylic acid groups (broad SMARTS) is 1. The van der Waals surface area contributed by atoms with Crippen LogP contribution in [0.3, 0.4) is 0 Å². The Morgan fingerprint density at radius 3 is 2.53 bits per heavy atom. The van der Waals surface area contributed by atoms with Crippen molar-refractivity contribution in [1.82, 2.24) is 15.0 Å². The summed E-state index contributed by atoms with van der Waals surface area (Å²) in [5.74, 6) is -0.856. The third-order valence-electron chi connectivity index (χ3n) is 5.82. The Labute approximate surface area is 192 Å². The Balaban J connectivity index is 1.54. The van der Waals surface area contributed by atoms with Gasteiger partial charge in [0, 0.05) is 18.5 Å². The average molecular weight is 474 g/mol. The first-order valence-electron chi connectivity index (χ1n) is 10.3. The number of methoxy groups -OCH3 is 1. The van der Waals surface area contributed by atoms with Gasteiger partial charge in [0.05, 0.1) is 18.6 Å². The maximum absolute atomic E-state index is 13.9. The molecule has 1 fully saturated rings. The average Bonchev–Trinajstić information content (AvgIpc) is 3.13. The van der Waals surface area contributed by atoms with Crippen LogP contribution in [0.2, 0.25) is 0 Å². The van der Waals surface area contributed by atoms with E-state index >= 15 is 0 Å². The maximum Gasteiger partial charge on any atom is 0.356 e. The number of benzene rings is 2. The topological polar surface area (TPSA) is 119 Å². The normalized spacial score (nSPS) is 16.5. The van der Waals surface area contributed by atoms with Gasteiger partial charge in [-0.3, -0.25) is 4.79 Å². The second-order valence-corrected chi connectivity index (χ2v) is 7.92. The van der Waals surface area contributed by atoms with Gasteiger partial charge in [-0.05, 0) is 30.2 Å². The summed E-state index contributed by atoms with van der Waals surface area (Å²) in [6.45, 7) is 0.0927. The zero-order valence-electron chi connectivity index (χ0n) is 18.0. The third-order valence-corrected chi connectivity index (χ3v) is 5.82. The fourth-order valence-electron chi connectivity index (χ4n) is 3.84. The highest BCUT2D eigenvalue weighted by Gasteiger charge is 2.52. The number of amides is 1. The summed E-state index contributed by atoms with van der Waals surface area (Å²) in [5, 5.41) is 12.2. The lowest BCUT2D eigenvalue weighted by Gasteiger charge is -2.35. The monoisotopic (exact) mass is 474 g/mol. The van der Waals surface area contributed by atoms with Crippen molar-refractivity contribution in [2.45, 2.75) is 31.2 Å². The number of nitrogens with two attached hydrogens (primary N) is 1. The number of alkyl halides is 2. The highest BCUT2D eigenvalue weighted by molar-refractivity contribution is 5.97. The largest absolute Gasteiger partial charge is 0.496 e. The summed E-state index contributed by atoms with van der Waals surface area (Å²) in [4.78, 5) is 28.3. The molecule has 1 heterocycles. The predicted molar refractivity (Wildman–Crippen MR) is 116 cm³/mol. The van der Waals surface area contributed by atoms with Gasteiger partial charge in [-0.25, -0.2) is 27.6 Å². The lowest BCUT2D eigenvalue weighted by Crippen LogP contribution is -2.39. The second kappa shape index (κ2) is 8.73. The van der Waals surface area contributed by atoms with Crippen molar-refractivity contribution in [3.63, 3.8) is 0 Å². The Morgan fingerprint density at radius 1 is 1.26 bits per heavy atom. The van der Waals surface area contributed by atoms with Crippen LogP contribution in [-0.2, 0) is 6.54 Å². The van der Waals surface area contributed by atoms with Gasteiger partial charge < -0.3 is 21.0 Å². The molecule has 1 amide bonds. The molecule has 1 atom stereocenters. The first-order valence-corrected chi connectivity index (χ1v) is 10.3. The van der Waals surface area contributed by atoms with E-state index in [-0.39, 0.29) is 42.2 Å². The smallest absolute Gasteiger partial charge is 0.356 e. The van der Waals surface area contributed by atoms with Crippen molar-refractivity contribution in [2.24, 2.45) is 0 Å². The van der Waals surface area contributed by atoms with E-state index in [1.165, 1.54) is 19.2 Å². The Bertz CT molecular complexity index is 1260. The molecule has 0 radical (unpaired) electrons. The van der Waals surface area contributed by atoms with Gasteiger partial charge in [0.2, 0.25) is 0 Å². The van der Waals surface area contributed by atoms with Crippen molar-refractivity contribution in [1.29, 1.82) is 0 Å². The zero-order chi connectivity index (χ0) is 24.6. The van der Waals surface area contributed by atoms with E-state index in [1.807, 2.05) is 0 Å². The molecule has 1 aliphatic carbocycles. The van der Waals surface area contributed by atoms with E-state index in [9.17, 15) is 27.9 Å². The summed E-state index contributed by atoms with van der Waals surface area (Å²) >= 11 is 0. The van der Waals surface area contributed by atoms with Crippen LogP contribution < -0.4 is 15.9 Å². The van der Waals surface area contributed by atoms with E-state index in [1.54, 1.807) is 24.3 Å². The van der Waals surface area contributed by atoms with Crippen molar-refractivity contribution in [3.05, 3.63) is 70.9 Å². The van der Waals surface area contributed by atoms with Crippen LogP contribution in [0.15, 0.2) is 42.5 Å². The molecule has 1 aliphatic rings. The number of nitrogen functional groups attached to an aromatic ring is 1. The number of carbonyl (C=O) groups excluding carboxylic acids is 1. The van der Waals surface area contributed by atoms with Gasteiger partial charge in [0.15, 0.2) is 5.69 Å². The summed E-state index contributed by atoms with van der Waals surface area (Å²) in [6, 6.07) is 9.96. The quantitative estimate of drug-likeness (QED) is 0.451. The molecule has 3 aromatic rings. The number of rotatable bonds is 7. The number of carbonyl (C=O) groups is 2. The van der Waals surface area contributed by atoms with Crippen LogP contribution in [0.4, 0.5) is 13.2 Å². The zero-order valence-corrected chi connectivity index (χ0v) is 18.0. The van der Waals surface area contributed by atoms with Crippen LogP contribution in [0.25, 0.3) is 11.3 Å². The Hall–Kier alpha value is -4.02. The number of nitrogens with zero attached hydrogens (tertiary/aromatic N) is 2. The minimum atomic E-state index is -2.98. The molecule has 1 unspecified atom stereocenters. The predicted octanol–water partition coefficient (Wildman–Crippen LogP) is 3.55. The van der Waals surface area contributed by atoms with Crippen LogP contribution >= 0.6 is 0 Å². The number of hydrogen-bond donors (Lipinski definition) is 3. The van der Waals surface area contributed by atoms with E-state index in [2.05, 4.69) is 10.3 Å². The van der Waals surface area contributed by atoms with Gasteiger partial charge in [-0.2, -0.15) is 0 Å². The molecule has 0 bridgehead atoms. The number of imidazole rings is 1. The van der Waals surface area contributed by atoms with Crippen molar-refractivity contribution in [3.8, 4) is 17.0 Å². The molecule has 178 valence electrons. The van der Waals surface area contributed by atoms with Crippen LogP contribution in [0.1, 0.15) is 51.0 Å². The van der Waals surface area contributed by atoms with Gasteiger partial charge in [-0.1, -0.05) is 24.3 Å². The number of ether oxygens (including phenoxy) is 1. The van der Waals surface area contributed by atoms with Gasteiger partial charge in [0.25, 0.3) is 11.8 Å². The minimum absolute atomic E-state index is 0.0206. The molecule has 34 heavy (non-hydrogen) atoms. The highest BCUT2D eigenvalue weighted by Crippen LogP contribution is 2.49. The molecular formula is C23H21F3N4O4. The Kier molecular flexibility index (Phi) is 5.94. The lowest BCUT2D eigenvalue weighted by molar-refractivity contribution is -0.0995. The number of halogens is 3. The molecule has 4 rings (SSSR count). The molecule has 11 heteroatoms. The Morgan fingerprint density at radius 2 is 1.97 bits per heavy atom. The second-order valence-electron chi connectivity index (χ2n) is 7.92. The molecular weight excluding hydrogens is 453 g/mol. The number of aromatic nitrogens is 2. The molecule has 4 N–H and O–H groups in total. The number of nitrogens with one attached hydrogen (secondary N) is 1. The maximum atomic E-state index is 13.9. The van der Waals surface area contributed by atoms with Gasteiger partial charge in [0.1, 0.15) is 23.1 Å². The first kappa shape index (κ1) is 23.1. The standard InChI is InChI=1S/C23H21F3N4O4/c1-34-17-7-6-14(24)10-15(17)21(31)28-11-12-2-4-13(5-3-12)18-19(22(32)33)30(27)20(29-18)16-8-9-23(16,25)26/h2-7,10,16H,8-9,11,27H2,1H3,(H,28,31)(H,32,33). The SMILES string of the molecule is COc1ccc(F)cc1C(=O)NCc1ccc(-c2nc(C3CCC3(F)F)n(N)c2C(=O)O)cc1. The summed E-state index contributed by atoms with van der Waals surface area (Å²) < 4.78 is 47.1.